The van der Waals surface area contributed by atoms with E-state index in [1.54, 1.807) is 0 Å². The van der Waals surface area contributed by atoms with E-state index in [-0.39, 0.29) is 17.9 Å². The Morgan fingerprint density at radius 3 is 2.55 bits per heavy atom. The van der Waals surface area contributed by atoms with Gasteiger partial charge in [-0.15, -0.1) is 0 Å². The van der Waals surface area contributed by atoms with Crippen molar-refractivity contribution in [2.24, 2.45) is 0 Å². The number of nitrogens with zero attached hydrogens (tertiary/aromatic N) is 1. The van der Waals surface area contributed by atoms with Gasteiger partial charge in [0.05, 0.1) is 17.7 Å². The number of aryl methyl sites for hydroxylation is 1. The molecule has 0 atom stereocenters. The van der Waals surface area contributed by atoms with Gasteiger partial charge in [0.25, 0.3) is 5.56 Å². The number of benzene rings is 1. The Balaban J connectivity index is 2.65. The molecule has 0 saturated heterocycles. The highest BCUT2D eigenvalue weighted by molar-refractivity contribution is 5.70. The number of aromatic nitrogens is 2. The van der Waals surface area contributed by atoms with E-state index in [0.29, 0.717) is 11.3 Å². The van der Waals surface area contributed by atoms with Crippen molar-refractivity contribution in [2.45, 2.75) is 33.1 Å². The van der Waals surface area contributed by atoms with Crippen molar-refractivity contribution in [1.82, 2.24) is 9.78 Å². The van der Waals surface area contributed by atoms with Crippen molar-refractivity contribution in [3.05, 3.63) is 51.4 Å². The second kappa shape index (κ2) is 5.36. The molecule has 0 aliphatic rings. The molecule has 1 aromatic heterocycles. The number of carboxylic acid groups (broad SMARTS) is 1. The number of rotatable bonds is 4. The number of aliphatic carboxylic acids is 1. The van der Waals surface area contributed by atoms with Crippen LogP contribution in [0.4, 0.5) is 0 Å². The average molecular weight is 274 g/mol. The number of hydrogen-bond donors (Lipinski definition) is 2. The summed E-state index contributed by atoms with van der Waals surface area (Å²) >= 11 is 0. The van der Waals surface area contributed by atoms with Crippen molar-refractivity contribution in [3.63, 3.8) is 0 Å². The van der Waals surface area contributed by atoms with Crippen molar-refractivity contribution in [1.29, 1.82) is 0 Å². The minimum Gasteiger partial charge on any atom is -0.481 e. The molecule has 0 aliphatic heterocycles. The fraction of sp³-hybridized carbons (Fsp3) is 0.333. The van der Waals surface area contributed by atoms with Crippen molar-refractivity contribution < 1.29 is 9.90 Å². The number of carboxylic acids is 1. The summed E-state index contributed by atoms with van der Waals surface area (Å²) < 4.78 is 1.43. The third kappa shape index (κ3) is 2.52. The van der Waals surface area contributed by atoms with Crippen LogP contribution in [-0.2, 0) is 11.2 Å². The van der Waals surface area contributed by atoms with Gasteiger partial charge in [0.1, 0.15) is 0 Å². The van der Waals surface area contributed by atoms with E-state index in [0.717, 1.165) is 11.3 Å². The first kappa shape index (κ1) is 14.1. The van der Waals surface area contributed by atoms with E-state index >= 15 is 0 Å². The fourth-order valence-electron chi connectivity index (χ4n) is 2.27. The summed E-state index contributed by atoms with van der Waals surface area (Å²) in [4.78, 5) is 23.4. The first-order valence-electron chi connectivity index (χ1n) is 6.53. The van der Waals surface area contributed by atoms with Crippen LogP contribution in [0.3, 0.4) is 0 Å². The predicted molar refractivity (Wildman–Crippen MR) is 76.6 cm³/mol. The molecule has 106 valence electrons. The highest BCUT2D eigenvalue weighted by Gasteiger charge is 2.20. The van der Waals surface area contributed by atoms with E-state index in [1.165, 1.54) is 4.68 Å². The summed E-state index contributed by atoms with van der Waals surface area (Å²) in [5, 5.41) is 12.0. The zero-order valence-corrected chi connectivity index (χ0v) is 11.8. The Morgan fingerprint density at radius 2 is 2.00 bits per heavy atom. The lowest BCUT2D eigenvalue weighted by molar-refractivity contribution is -0.136. The molecular weight excluding hydrogens is 256 g/mol. The molecule has 0 saturated carbocycles. The topological polar surface area (TPSA) is 75.1 Å². The summed E-state index contributed by atoms with van der Waals surface area (Å²) in [6.07, 6.45) is -0.262. The Hall–Kier alpha value is -2.30. The van der Waals surface area contributed by atoms with Gasteiger partial charge in [-0.05, 0) is 24.5 Å². The van der Waals surface area contributed by atoms with Crippen LogP contribution in [0.1, 0.15) is 36.6 Å². The Labute approximate surface area is 116 Å². The van der Waals surface area contributed by atoms with Crippen molar-refractivity contribution >= 4 is 5.97 Å². The zero-order valence-electron chi connectivity index (χ0n) is 11.8. The van der Waals surface area contributed by atoms with Crippen LogP contribution in [0.2, 0.25) is 0 Å². The van der Waals surface area contributed by atoms with Gasteiger partial charge < -0.3 is 5.11 Å². The number of para-hydroxylation sites is 1. The molecule has 0 amide bonds. The monoisotopic (exact) mass is 274 g/mol. The first-order chi connectivity index (χ1) is 9.41. The highest BCUT2D eigenvalue weighted by atomic mass is 16.4. The maximum atomic E-state index is 12.5. The van der Waals surface area contributed by atoms with Crippen LogP contribution in [0, 0.1) is 6.92 Å². The van der Waals surface area contributed by atoms with Gasteiger partial charge in [0.15, 0.2) is 0 Å². The smallest absolute Gasteiger partial charge is 0.308 e. The lowest BCUT2D eigenvalue weighted by atomic mass is 10.0. The van der Waals surface area contributed by atoms with Gasteiger partial charge in [0, 0.05) is 5.69 Å². The molecule has 2 N–H and O–H groups in total. The van der Waals surface area contributed by atoms with Crippen LogP contribution in [0.25, 0.3) is 5.69 Å². The summed E-state index contributed by atoms with van der Waals surface area (Å²) in [5.41, 5.74) is 2.42. The minimum absolute atomic E-state index is 0.0577. The van der Waals surface area contributed by atoms with Gasteiger partial charge in [-0.3, -0.25) is 14.7 Å². The molecule has 0 bridgehead atoms. The highest BCUT2D eigenvalue weighted by Crippen LogP contribution is 2.18. The molecule has 0 radical (unpaired) electrons. The van der Waals surface area contributed by atoms with Crippen LogP contribution < -0.4 is 5.56 Å². The lowest BCUT2D eigenvalue weighted by Crippen LogP contribution is -2.20. The van der Waals surface area contributed by atoms with E-state index < -0.39 is 5.97 Å². The summed E-state index contributed by atoms with van der Waals surface area (Å²) in [6, 6.07) is 7.49. The molecule has 0 spiro atoms. The molecule has 5 heteroatoms. The molecule has 1 heterocycles. The third-order valence-corrected chi connectivity index (χ3v) is 3.28. The molecule has 2 rings (SSSR count). The standard InChI is InChI=1S/C15H18N2O3/c1-9(2)14-11(8-13(18)19)15(20)17(16-14)12-7-5-4-6-10(12)3/h4-7,9,16H,8H2,1-3H3,(H,18,19). The molecular formula is C15H18N2O3. The van der Waals surface area contributed by atoms with Gasteiger partial charge in [0.2, 0.25) is 0 Å². The summed E-state index contributed by atoms with van der Waals surface area (Å²) in [7, 11) is 0. The molecule has 20 heavy (non-hydrogen) atoms. The van der Waals surface area contributed by atoms with Gasteiger partial charge in [-0.1, -0.05) is 32.0 Å². The number of H-pyrrole nitrogens is 1. The summed E-state index contributed by atoms with van der Waals surface area (Å²) in [5.74, 6) is -0.942. The number of nitrogens with one attached hydrogen (secondary N) is 1. The molecule has 5 nitrogen and oxygen atoms in total. The average Bonchev–Trinajstić information content (AvgIpc) is 2.68. The summed E-state index contributed by atoms with van der Waals surface area (Å²) in [6.45, 7) is 5.77. The van der Waals surface area contributed by atoms with E-state index in [2.05, 4.69) is 5.10 Å². The second-order valence-corrected chi connectivity index (χ2v) is 5.16. The van der Waals surface area contributed by atoms with E-state index in [9.17, 15) is 9.59 Å². The Morgan fingerprint density at radius 1 is 1.35 bits per heavy atom. The lowest BCUT2D eigenvalue weighted by Gasteiger charge is -2.06. The second-order valence-electron chi connectivity index (χ2n) is 5.16. The molecule has 0 fully saturated rings. The normalized spacial score (nSPS) is 11.0. The Kier molecular flexibility index (Phi) is 3.79. The quantitative estimate of drug-likeness (QED) is 0.897. The van der Waals surface area contributed by atoms with Crippen LogP contribution >= 0.6 is 0 Å². The Bertz CT molecular complexity index is 695. The van der Waals surface area contributed by atoms with Crippen molar-refractivity contribution in [2.75, 3.05) is 0 Å². The zero-order chi connectivity index (χ0) is 14.9. The number of carbonyl (C=O) groups is 1. The minimum atomic E-state index is -1.00. The first-order valence-corrected chi connectivity index (χ1v) is 6.53. The van der Waals surface area contributed by atoms with E-state index in [4.69, 9.17) is 5.11 Å². The van der Waals surface area contributed by atoms with Gasteiger partial charge in [-0.25, -0.2) is 4.68 Å². The number of aromatic amines is 1. The maximum Gasteiger partial charge on any atom is 0.308 e. The van der Waals surface area contributed by atoms with Crippen LogP contribution in [-0.4, -0.2) is 20.9 Å². The molecule has 2 aromatic rings. The maximum absolute atomic E-state index is 12.5. The fourth-order valence-corrected chi connectivity index (χ4v) is 2.27. The van der Waals surface area contributed by atoms with Gasteiger partial charge in [-0.2, -0.15) is 0 Å². The number of hydrogen-bond acceptors (Lipinski definition) is 2. The molecule has 0 unspecified atom stereocenters. The van der Waals surface area contributed by atoms with Crippen LogP contribution in [0.5, 0.6) is 0 Å². The van der Waals surface area contributed by atoms with E-state index in [1.807, 2.05) is 45.0 Å². The largest absolute Gasteiger partial charge is 0.481 e. The van der Waals surface area contributed by atoms with Crippen molar-refractivity contribution in [3.8, 4) is 5.69 Å². The molecule has 1 aromatic carbocycles. The predicted octanol–water partition coefficient (Wildman–Crippen LogP) is 2.22. The SMILES string of the molecule is Cc1ccccc1-n1[nH]c(C(C)C)c(CC(=O)O)c1=O. The van der Waals surface area contributed by atoms with Gasteiger partial charge >= 0.3 is 5.97 Å². The van der Waals surface area contributed by atoms with Crippen LogP contribution in [0.15, 0.2) is 29.1 Å². The third-order valence-electron chi connectivity index (χ3n) is 3.28. The molecule has 0 aliphatic carbocycles.